The number of nitrogens with two attached hydrogens (primary N) is 1. The van der Waals surface area contributed by atoms with E-state index in [0.29, 0.717) is 30.2 Å². The van der Waals surface area contributed by atoms with Gasteiger partial charge in [0, 0.05) is 19.7 Å². The van der Waals surface area contributed by atoms with Gasteiger partial charge < -0.3 is 10.5 Å². The smallest absolute Gasteiger partial charge is 0.240 e. The maximum absolute atomic E-state index is 12.4. The van der Waals surface area contributed by atoms with Crippen molar-refractivity contribution >= 4 is 10.0 Å². The molecule has 0 amide bonds. The van der Waals surface area contributed by atoms with Gasteiger partial charge in [0.15, 0.2) is 0 Å². The zero-order valence-electron chi connectivity index (χ0n) is 12.0. The van der Waals surface area contributed by atoms with Gasteiger partial charge in [-0.2, -0.15) is 0 Å². The third-order valence-corrected chi connectivity index (χ3v) is 5.26. The summed E-state index contributed by atoms with van der Waals surface area (Å²) in [5, 5.41) is 0. The predicted octanol–water partition coefficient (Wildman–Crippen LogP) is 1.30. The van der Waals surface area contributed by atoms with Crippen LogP contribution in [-0.2, 0) is 21.3 Å². The molecular weight excluding hydrogens is 276 g/mol. The molecule has 0 aliphatic carbocycles. The van der Waals surface area contributed by atoms with Gasteiger partial charge in [0.1, 0.15) is 0 Å². The highest BCUT2D eigenvalue weighted by atomic mass is 32.2. The Labute approximate surface area is 120 Å². The van der Waals surface area contributed by atoms with Crippen molar-refractivity contribution in [3.63, 3.8) is 0 Å². The zero-order valence-corrected chi connectivity index (χ0v) is 12.8. The van der Waals surface area contributed by atoms with Crippen molar-refractivity contribution < 1.29 is 13.2 Å². The lowest BCUT2D eigenvalue weighted by atomic mass is 10.0. The van der Waals surface area contributed by atoms with Crippen LogP contribution in [-0.4, -0.2) is 27.2 Å². The normalized spacial score (nSPS) is 23.1. The summed E-state index contributed by atoms with van der Waals surface area (Å²) in [6, 6.07) is 5.26. The quantitative estimate of drug-likeness (QED) is 0.858. The van der Waals surface area contributed by atoms with Crippen LogP contribution < -0.4 is 10.5 Å². The van der Waals surface area contributed by atoms with E-state index >= 15 is 0 Å². The van der Waals surface area contributed by atoms with Crippen molar-refractivity contribution in [1.82, 2.24) is 4.72 Å². The van der Waals surface area contributed by atoms with Crippen LogP contribution in [0, 0.1) is 6.92 Å². The molecule has 0 spiro atoms. The first-order valence-corrected chi connectivity index (χ1v) is 8.28. The SMILES string of the molecule is Cc1ccc(CN)cc1S(=O)(=O)NCC1(C)CCCO1. The van der Waals surface area contributed by atoms with Crippen LogP contribution in [0.5, 0.6) is 0 Å². The molecule has 1 aromatic rings. The molecule has 1 aliphatic heterocycles. The summed E-state index contributed by atoms with van der Waals surface area (Å²) in [5.41, 5.74) is 6.69. The molecular formula is C14H22N2O3S. The molecule has 20 heavy (non-hydrogen) atoms. The Morgan fingerprint density at radius 1 is 1.45 bits per heavy atom. The first-order valence-electron chi connectivity index (χ1n) is 6.79. The number of sulfonamides is 1. The van der Waals surface area contributed by atoms with E-state index in [1.54, 1.807) is 19.1 Å². The first-order chi connectivity index (χ1) is 9.36. The van der Waals surface area contributed by atoms with Crippen molar-refractivity contribution in [2.75, 3.05) is 13.2 Å². The number of nitrogens with one attached hydrogen (secondary N) is 1. The van der Waals surface area contributed by atoms with Crippen LogP contribution in [0.1, 0.15) is 30.9 Å². The van der Waals surface area contributed by atoms with Gasteiger partial charge in [-0.05, 0) is 43.9 Å². The fraction of sp³-hybridized carbons (Fsp3) is 0.571. The van der Waals surface area contributed by atoms with Crippen molar-refractivity contribution in [2.24, 2.45) is 5.73 Å². The Kier molecular flexibility index (Phi) is 4.49. The van der Waals surface area contributed by atoms with E-state index in [0.717, 1.165) is 18.4 Å². The van der Waals surface area contributed by atoms with Crippen LogP contribution >= 0.6 is 0 Å². The van der Waals surface area contributed by atoms with Crippen LogP contribution in [0.3, 0.4) is 0 Å². The maximum Gasteiger partial charge on any atom is 0.240 e. The van der Waals surface area contributed by atoms with Crippen molar-refractivity contribution in [2.45, 2.75) is 43.7 Å². The Bertz CT molecular complexity index is 578. The molecule has 5 nitrogen and oxygen atoms in total. The van der Waals surface area contributed by atoms with Crippen molar-refractivity contribution in [3.05, 3.63) is 29.3 Å². The number of benzene rings is 1. The highest BCUT2D eigenvalue weighted by molar-refractivity contribution is 7.89. The van der Waals surface area contributed by atoms with Gasteiger partial charge >= 0.3 is 0 Å². The molecule has 0 bridgehead atoms. The average Bonchev–Trinajstić information content (AvgIpc) is 2.85. The molecule has 3 N–H and O–H groups in total. The zero-order chi connectivity index (χ0) is 14.8. The summed E-state index contributed by atoms with van der Waals surface area (Å²) in [4.78, 5) is 0.294. The Morgan fingerprint density at radius 2 is 2.20 bits per heavy atom. The number of aryl methyl sites for hydroxylation is 1. The molecule has 6 heteroatoms. The van der Waals surface area contributed by atoms with Gasteiger partial charge in [0.05, 0.1) is 10.5 Å². The van der Waals surface area contributed by atoms with Crippen molar-refractivity contribution in [1.29, 1.82) is 0 Å². The van der Waals surface area contributed by atoms with E-state index in [1.807, 2.05) is 13.0 Å². The second-order valence-electron chi connectivity index (χ2n) is 5.53. The molecule has 1 fully saturated rings. The monoisotopic (exact) mass is 298 g/mol. The van der Waals surface area contributed by atoms with Crippen LogP contribution in [0.4, 0.5) is 0 Å². The molecule has 2 rings (SSSR count). The van der Waals surface area contributed by atoms with Crippen LogP contribution in [0.15, 0.2) is 23.1 Å². The summed E-state index contributed by atoms with van der Waals surface area (Å²) in [6.45, 7) is 5.03. The third-order valence-electron chi connectivity index (χ3n) is 3.71. The molecule has 112 valence electrons. The van der Waals surface area contributed by atoms with Crippen molar-refractivity contribution in [3.8, 4) is 0 Å². The van der Waals surface area contributed by atoms with E-state index in [2.05, 4.69) is 4.72 Å². The lowest BCUT2D eigenvalue weighted by molar-refractivity contribution is 0.0250. The Morgan fingerprint density at radius 3 is 2.80 bits per heavy atom. The third kappa shape index (κ3) is 3.38. The Balaban J connectivity index is 2.17. The van der Waals surface area contributed by atoms with Gasteiger partial charge in [-0.1, -0.05) is 12.1 Å². The molecule has 1 heterocycles. The van der Waals surface area contributed by atoms with E-state index in [4.69, 9.17) is 10.5 Å². The molecule has 0 radical (unpaired) electrons. The molecule has 1 saturated heterocycles. The van der Waals surface area contributed by atoms with Crippen LogP contribution in [0.25, 0.3) is 0 Å². The molecule has 1 aromatic carbocycles. The number of hydrogen-bond acceptors (Lipinski definition) is 4. The van der Waals surface area contributed by atoms with Gasteiger partial charge in [-0.3, -0.25) is 0 Å². The van der Waals surface area contributed by atoms with E-state index in [9.17, 15) is 8.42 Å². The lowest BCUT2D eigenvalue weighted by Gasteiger charge is -2.23. The molecule has 1 atom stereocenters. The predicted molar refractivity (Wildman–Crippen MR) is 77.8 cm³/mol. The summed E-state index contributed by atoms with van der Waals surface area (Å²) in [6.07, 6.45) is 1.84. The van der Waals surface area contributed by atoms with Gasteiger partial charge in [-0.25, -0.2) is 13.1 Å². The average molecular weight is 298 g/mol. The highest BCUT2D eigenvalue weighted by Crippen LogP contribution is 2.25. The van der Waals surface area contributed by atoms with E-state index in [1.165, 1.54) is 0 Å². The van der Waals surface area contributed by atoms with Gasteiger partial charge in [0.25, 0.3) is 0 Å². The standard InChI is InChI=1S/C14H22N2O3S/c1-11-4-5-12(9-15)8-13(11)20(17,18)16-10-14(2)6-3-7-19-14/h4-5,8,16H,3,6-7,9-10,15H2,1-2H3. The van der Waals surface area contributed by atoms with Gasteiger partial charge in [-0.15, -0.1) is 0 Å². The first kappa shape index (κ1) is 15.4. The minimum absolute atomic E-state index is 0.293. The minimum Gasteiger partial charge on any atom is -0.374 e. The second-order valence-corrected chi connectivity index (χ2v) is 7.27. The topological polar surface area (TPSA) is 81.4 Å². The molecule has 0 saturated carbocycles. The van der Waals surface area contributed by atoms with E-state index in [-0.39, 0.29) is 0 Å². The summed E-state index contributed by atoms with van der Waals surface area (Å²) in [5.74, 6) is 0. The number of hydrogen-bond donors (Lipinski definition) is 2. The number of rotatable bonds is 5. The summed E-state index contributed by atoms with van der Waals surface area (Å²) >= 11 is 0. The van der Waals surface area contributed by atoms with E-state index < -0.39 is 15.6 Å². The van der Waals surface area contributed by atoms with Gasteiger partial charge in [0.2, 0.25) is 10.0 Å². The highest BCUT2D eigenvalue weighted by Gasteiger charge is 2.31. The second kappa shape index (κ2) is 5.81. The fourth-order valence-corrected chi connectivity index (χ4v) is 3.81. The molecule has 1 unspecified atom stereocenters. The van der Waals surface area contributed by atoms with Crippen LogP contribution in [0.2, 0.25) is 0 Å². The minimum atomic E-state index is -3.53. The Hall–Kier alpha value is -0.950. The number of ether oxygens (including phenoxy) is 1. The largest absolute Gasteiger partial charge is 0.374 e. The molecule has 1 aliphatic rings. The summed E-state index contributed by atoms with van der Waals surface area (Å²) in [7, 11) is -3.53. The lowest BCUT2D eigenvalue weighted by Crippen LogP contribution is -2.40. The summed E-state index contributed by atoms with van der Waals surface area (Å²) < 4.78 is 33.1. The fourth-order valence-electron chi connectivity index (χ4n) is 2.36. The maximum atomic E-state index is 12.4. The molecule has 0 aromatic heterocycles.